The van der Waals surface area contributed by atoms with Crippen LogP contribution in [0.25, 0.3) is 0 Å². The summed E-state index contributed by atoms with van der Waals surface area (Å²) >= 11 is 0. The van der Waals surface area contributed by atoms with Gasteiger partial charge >= 0.3 is 0 Å². The highest BCUT2D eigenvalue weighted by Crippen LogP contribution is 2.26. The number of aliphatic hydroxyl groups is 1. The Bertz CT molecular complexity index is 299. The minimum Gasteiger partial charge on any atom is -0.487 e. The normalized spacial score (nSPS) is 20.2. The fourth-order valence-electron chi connectivity index (χ4n) is 1.44. The molecule has 2 nitrogen and oxygen atoms in total. The van der Waals surface area contributed by atoms with Crippen LogP contribution in [0.5, 0.6) is 5.75 Å². The molecule has 0 aromatic heterocycles. The Labute approximate surface area is 72.6 Å². The molecule has 0 spiro atoms. The van der Waals surface area contributed by atoms with Gasteiger partial charge in [-0.15, -0.1) is 0 Å². The molecule has 0 fully saturated rings. The molecule has 1 aliphatic heterocycles. The molecule has 0 saturated heterocycles. The van der Waals surface area contributed by atoms with Crippen LogP contribution in [0.4, 0.5) is 0 Å². The van der Waals surface area contributed by atoms with Gasteiger partial charge in [-0.05, 0) is 11.6 Å². The molecule has 1 unspecified atom stereocenters. The Morgan fingerprint density at radius 2 is 2.42 bits per heavy atom. The fraction of sp³-hybridized carbons (Fsp3) is 0.333. The SMILES string of the molecule is [B]c1ccc2c(c1)CC(CO)O2. The summed E-state index contributed by atoms with van der Waals surface area (Å²) in [6.45, 7) is 0.0641. The van der Waals surface area contributed by atoms with Crippen LogP contribution >= 0.6 is 0 Å². The van der Waals surface area contributed by atoms with E-state index in [0.29, 0.717) is 0 Å². The first-order valence-corrected chi connectivity index (χ1v) is 3.95. The summed E-state index contributed by atoms with van der Waals surface area (Å²) < 4.78 is 5.41. The van der Waals surface area contributed by atoms with Gasteiger partial charge in [0.15, 0.2) is 0 Å². The maximum absolute atomic E-state index is 8.85. The quantitative estimate of drug-likeness (QED) is 0.575. The molecular formula is C9H9BO2. The van der Waals surface area contributed by atoms with E-state index in [-0.39, 0.29) is 12.7 Å². The molecule has 3 heteroatoms. The number of fused-ring (bicyclic) bond motifs is 1. The van der Waals surface area contributed by atoms with Crippen molar-refractivity contribution in [2.75, 3.05) is 6.61 Å². The summed E-state index contributed by atoms with van der Waals surface area (Å²) in [6, 6.07) is 5.55. The van der Waals surface area contributed by atoms with E-state index in [1.165, 1.54) is 0 Å². The summed E-state index contributed by atoms with van der Waals surface area (Å²) in [5, 5.41) is 8.85. The largest absolute Gasteiger partial charge is 0.487 e. The molecule has 2 radical (unpaired) electrons. The van der Waals surface area contributed by atoms with Gasteiger partial charge in [0.1, 0.15) is 19.7 Å². The summed E-state index contributed by atoms with van der Waals surface area (Å²) in [7, 11) is 5.60. The van der Waals surface area contributed by atoms with Crippen LogP contribution in [0, 0.1) is 0 Å². The molecule has 1 atom stereocenters. The Morgan fingerprint density at radius 3 is 3.17 bits per heavy atom. The van der Waals surface area contributed by atoms with E-state index in [9.17, 15) is 0 Å². The van der Waals surface area contributed by atoms with Crippen molar-refractivity contribution in [1.82, 2.24) is 0 Å². The minimum absolute atomic E-state index is 0.0641. The monoisotopic (exact) mass is 160 g/mol. The van der Waals surface area contributed by atoms with Crippen molar-refractivity contribution >= 4 is 13.3 Å². The Morgan fingerprint density at radius 1 is 1.58 bits per heavy atom. The predicted octanol–water partition coefficient (Wildman–Crippen LogP) is -0.224. The van der Waals surface area contributed by atoms with Crippen molar-refractivity contribution in [1.29, 1.82) is 0 Å². The first kappa shape index (κ1) is 7.68. The highest BCUT2D eigenvalue weighted by Gasteiger charge is 2.21. The van der Waals surface area contributed by atoms with E-state index in [0.717, 1.165) is 23.2 Å². The third kappa shape index (κ3) is 1.20. The molecule has 1 aliphatic rings. The van der Waals surface area contributed by atoms with Gasteiger partial charge in [-0.3, -0.25) is 0 Å². The molecule has 0 bridgehead atoms. The molecule has 1 heterocycles. The summed E-state index contributed by atoms with van der Waals surface area (Å²) in [5.41, 5.74) is 1.84. The third-order valence-corrected chi connectivity index (χ3v) is 2.03. The third-order valence-electron chi connectivity index (χ3n) is 2.03. The van der Waals surface area contributed by atoms with Crippen molar-refractivity contribution in [3.63, 3.8) is 0 Å². The second-order valence-electron chi connectivity index (χ2n) is 2.99. The maximum atomic E-state index is 8.85. The Hall–Kier alpha value is -0.955. The van der Waals surface area contributed by atoms with Crippen LogP contribution in [0.3, 0.4) is 0 Å². The molecule has 1 N–H and O–H groups in total. The van der Waals surface area contributed by atoms with Gasteiger partial charge in [0.05, 0.1) is 6.61 Å². The zero-order valence-corrected chi connectivity index (χ0v) is 6.66. The first-order valence-electron chi connectivity index (χ1n) is 3.95. The zero-order valence-electron chi connectivity index (χ0n) is 6.66. The molecule has 0 amide bonds. The first-order chi connectivity index (χ1) is 5.79. The average molecular weight is 160 g/mol. The van der Waals surface area contributed by atoms with Crippen molar-refractivity contribution in [3.8, 4) is 5.75 Å². The summed E-state index contributed by atoms with van der Waals surface area (Å²) in [6.07, 6.45) is 0.679. The van der Waals surface area contributed by atoms with Crippen molar-refractivity contribution in [3.05, 3.63) is 23.8 Å². The van der Waals surface area contributed by atoms with Crippen LogP contribution in [-0.2, 0) is 6.42 Å². The van der Waals surface area contributed by atoms with Gasteiger partial charge < -0.3 is 9.84 Å². The number of aliphatic hydroxyl groups excluding tert-OH is 1. The molecule has 60 valence electrons. The molecule has 0 saturated carbocycles. The maximum Gasteiger partial charge on any atom is 0.126 e. The molecular weight excluding hydrogens is 151 g/mol. The zero-order chi connectivity index (χ0) is 8.55. The molecule has 1 aromatic rings. The second kappa shape index (κ2) is 2.83. The highest BCUT2D eigenvalue weighted by atomic mass is 16.5. The number of ether oxygens (including phenoxy) is 1. The van der Waals surface area contributed by atoms with Gasteiger partial charge in [-0.2, -0.15) is 0 Å². The van der Waals surface area contributed by atoms with E-state index in [2.05, 4.69) is 0 Å². The Balaban J connectivity index is 2.30. The molecule has 2 rings (SSSR count). The fourth-order valence-corrected chi connectivity index (χ4v) is 1.44. The number of benzene rings is 1. The topological polar surface area (TPSA) is 29.5 Å². The van der Waals surface area contributed by atoms with Crippen molar-refractivity contribution in [2.24, 2.45) is 0 Å². The van der Waals surface area contributed by atoms with Crippen LogP contribution in [0.15, 0.2) is 18.2 Å². The van der Waals surface area contributed by atoms with Gasteiger partial charge in [0, 0.05) is 6.42 Å². The van der Waals surface area contributed by atoms with Crippen molar-refractivity contribution in [2.45, 2.75) is 12.5 Å². The van der Waals surface area contributed by atoms with E-state index in [1.54, 1.807) is 6.07 Å². The Kier molecular flexibility index (Phi) is 1.81. The van der Waals surface area contributed by atoms with E-state index in [1.807, 2.05) is 12.1 Å². The predicted molar refractivity (Wildman–Crippen MR) is 47.0 cm³/mol. The van der Waals surface area contributed by atoms with Gasteiger partial charge in [-0.1, -0.05) is 17.6 Å². The lowest BCUT2D eigenvalue weighted by Crippen LogP contribution is -2.17. The van der Waals surface area contributed by atoms with E-state index >= 15 is 0 Å². The lowest BCUT2D eigenvalue weighted by molar-refractivity contribution is 0.134. The van der Waals surface area contributed by atoms with Gasteiger partial charge in [0.2, 0.25) is 0 Å². The van der Waals surface area contributed by atoms with Crippen LogP contribution < -0.4 is 10.2 Å². The number of hydrogen-bond acceptors (Lipinski definition) is 2. The molecule has 12 heavy (non-hydrogen) atoms. The van der Waals surface area contributed by atoms with E-state index < -0.39 is 0 Å². The lowest BCUT2D eigenvalue weighted by Gasteiger charge is -2.04. The smallest absolute Gasteiger partial charge is 0.126 e. The van der Waals surface area contributed by atoms with Gasteiger partial charge in [-0.25, -0.2) is 0 Å². The lowest BCUT2D eigenvalue weighted by atomic mass is 9.93. The summed E-state index contributed by atoms with van der Waals surface area (Å²) in [4.78, 5) is 0. The molecule has 0 aliphatic carbocycles. The van der Waals surface area contributed by atoms with E-state index in [4.69, 9.17) is 17.7 Å². The number of rotatable bonds is 1. The van der Waals surface area contributed by atoms with Crippen LogP contribution in [-0.4, -0.2) is 25.7 Å². The van der Waals surface area contributed by atoms with Crippen LogP contribution in [0.1, 0.15) is 5.56 Å². The second-order valence-corrected chi connectivity index (χ2v) is 2.99. The minimum atomic E-state index is -0.0817. The van der Waals surface area contributed by atoms with Crippen molar-refractivity contribution < 1.29 is 9.84 Å². The van der Waals surface area contributed by atoms with Crippen LogP contribution in [0.2, 0.25) is 0 Å². The van der Waals surface area contributed by atoms with Gasteiger partial charge in [0.25, 0.3) is 0 Å². The summed E-state index contributed by atoms with van der Waals surface area (Å²) in [5.74, 6) is 0.850. The average Bonchev–Trinajstić information content (AvgIpc) is 2.46. The standard InChI is InChI=1S/C9H9BO2/c10-7-1-2-9-6(3-7)4-8(5-11)12-9/h1-3,8,11H,4-5H2. The number of hydrogen-bond donors (Lipinski definition) is 1. The molecule has 1 aromatic carbocycles. The highest BCUT2D eigenvalue weighted by molar-refractivity contribution is 6.32.